The fourth-order valence-corrected chi connectivity index (χ4v) is 2.30. The van der Waals surface area contributed by atoms with Gasteiger partial charge in [0.05, 0.1) is 19.6 Å². The zero-order valence-electron chi connectivity index (χ0n) is 11.4. The zero-order chi connectivity index (χ0) is 13.5. The van der Waals surface area contributed by atoms with Gasteiger partial charge in [-0.2, -0.15) is 0 Å². The summed E-state index contributed by atoms with van der Waals surface area (Å²) in [6.07, 6.45) is 2.96. The molecule has 1 saturated heterocycles. The Kier molecular flexibility index (Phi) is 5.36. The van der Waals surface area contributed by atoms with Crippen molar-refractivity contribution in [3.05, 3.63) is 35.4 Å². The van der Waals surface area contributed by atoms with Crippen LogP contribution in [-0.4, -0.2) is 32.3 Å². The maximum atomic E-state index is 11.4. The molecule has 19 heavy (non-hydrogen) atoms. The molecule has 1 heterocycles. The van der Waals surface area contributed by atoms with Gasteiger partial charge >= 0.3 is 5.97 Å². The maximum absolute atomic E-state index is 11.4. The van der Waals surface area contributed by atoms with E-state index in [9.17, 15) is 4.79 Å². The summed E-state index contributed by atoms with van der Waals surface area (Å²) >= 11 is 0. The van der Waals surface area contributed by atoms with E-state index in [1.54, 1.807) is 0 Å². The Morgan fingerprint density at radius 1 is 1.42 bits per heavy atom. The first kappa shape index (κ1) is 14.0. The number of carbonyl (C=O) groups excluding carboxylic acids is 1. The molecule has 104 valence electrons. The Bertz CT molecular complexity index is 414. The molecule has 4 nitrogen and oxygen atoms in total. The Balaban J connectivity index is 1.86. The van der Waals surface area contributed by atoms with Crippen LogP contribution in [0.1, 0.15) is 24.0 Å². The summed E-state index contributed by atoms with van der Waals surface area (Å²) in [5.41, 5.74) is 2.17. The van der Waals surface area contributed by atoms with Gasteiger partial charge in [0.1, 0.15) is 0 Å². The minimum Gasteiger partial charge on any atom is -0.469 e. The van der Waals surface area contributed by atoms with E-state index in [-0.39, 0.29) is 5.97 Å². The topological polar surface area (TPSA) is 47.6 Å². The normalized spacial score (nSPS) is 18.5. The summed E-state index contributed by atoms with van der Waals surface area (Å²) in [4.78, 5) is 11.4. The van der Waals surface area contributed by atoms with Crippen molar-refractivity contribution in [1.82, 2.24) is 5.32 Å². The number of esters is 1. The maximum Gasteiger partial charge on any atom is 0.309 e. The summed E-state index contributed by atoms with van der Waals surface area (Å²) < 4.78 is 10.3. The van der Waals surface area contributed by atoms with Crippen LogP contribution in [0, 0.1) is 0 Å². The largest absolute Gasteiger partial charge is 0.469 e. The van der Waals surface area contributed by atoms with Crippen molar-refractivity contribution >= 4 is 5.97 Å². The minimum absolute atomic E-state index is 0.202. The molecule has 1 unspecified atom stereocenters. The Labute approximate surface area is 114 Å². The van der Waals surface area contributed by atoms with Crippen LogP contribution in [0.5, 0.6) is 0 Å². The Hall–Kier alpha value is -1.39. The van der Waals surface area contributed by atoms with E-state index in [0.29, 0.717) is 12.5 Å². The summed E-state index contributed by atoms with van der Waals surface area (Å²) in [6, 6.07) is 7.95. The van der Waals surface area contributed by atoms with Gasteiger partial charge in [0.2, 0.25) is 0 Å². The molecule has 0 aromatic heterocycles. The van der Waals surface area contributed by atoms with Gasteiger partial charge in [0, 0.05) is 19.7 Å². The van der Waals surface area contributed by atoms with Gasteiger partial charge in [-0.25, -0.2) is 0 Å². The van der Waals surface area contributed by atoms with E-state index in [1.165, 1.54) is 7.11 Å². The first-order chi connectivity index (χ1) is 9.29. The predicted octanol–water partition coefficient (Wildman–Crippen LogP) is 1.67. The molecule has 2 rings (SSSR count). The number of rotatable bonds is 6. The molecule has 1 atom stereocenters. The van der Waals surface area contributed by atoms with Crippen molar-refractivity contribution in [2.75, 3.05) is 20.3 Å². The van der Waals surface area contributed by atoms with Crippen molar-refractivity contribution in [3.63, 3.8) is 0 Å². The molecule has 1 aromatic rings. The van der Waals surface area contributed by atoms with Gasteiger partial charge in [-0.3, -0.25) is 4.79 Å². The molecule has 0 bridgehead atoms. The summed E-state index contributed by atoms with van der Waals surface area (Å²) in [5.74, 6) is -0.202. The van der Waals surface area contributed by atoms with E-state index >= 15 is 0 Å². The van der Waals surface area contributed by atoms with E-state index in [2.05, 4.69) is 5.32 Å². The van der Waals surface area contributed by atoms with Crippen LogP contribution in [0.3, 0.4) is 0 Å². The highest BCUT2D eigenvalue weighted by atomic mass is 16.5. The number of nitrogens with one attached hydrogen (secondary N) is 1. The molecule has 0 aliphatic carbocycles. The Morgan fingerprint density at radius 2 is 2.21 bits per heavy atom. The molecule has 1 aliphatic rings. The van der Waals surface area contributed by atoms with E-state index in [1.807, 2.05) is 24.3 Å². The highest BCUT2D eigenvalue weighted by Crippen LogP contribution is 2.12. The summed E-state index contributed by atoms with van der Waals surface area (Å²) in [6.45, 7) is 2.50. The van der Waals surface area contributed by atoms with Crippen molar-refractivity contribution < 1.29 is 14.3 Å². The van der Waals surface area contributed by atoms with E-state index in [4.69, 9.17) is 9.47 Å². The average Bonchev–Trinajstić information content (AvgIpc) is 2.94. The lowest BCUT2D eigenvalue weighted by Crippen LogP contribution is -2.26. The second-order valence-corrected chi connectivity index (χ2v) is 4.79. The van der Waals surface area contributed by atoms with Crippen molar-refractivity contribution in [3.8, 4) is 0 Å². The number of ether oxygens (including phenoxy) is 2. The molecule has 1 N–H and O–H groups in total. The number of carbonyl (C=O) groups is 1. The fourth-order valence-electron chi connectivity index (χ4n) is 2.30. The van der Waals surface area contributed by atoms with Crippen LogP contribution < -0.4 is 5.32 Å². The molecule has 0 saturated carbocycles. The van der Waals surface area contributed by atoms with Gasteiger partial charge in [0.25, 0.3) is 0 Å². The van der Waals surface area contributed by atoms with Crippen molar-refractivity contribution in [1.29, 1.82) is 0 Å². The van der Waals surface area contributed by atoms with Gasteiger partial charge in [-0.15, -0.1) is 0 Å². The van der Waals surface area contributed by atoms with Crippen LogP contribution in [0.4, 0.5) is 0 Å². The minimum atomic E-state index is -0.202. The predicted molar refractivity (Wildman–Crippen MR) is 72.8 cm³/mol. The molecular formula is C15H21NO3. The molecule has 1 aliphatic heterocycles. The van der Waals surface area contributed by atoms with Gasteiger partial charge in [-0.1, -0.05) is 24.3 Å². The standard InChI is InChI=1S/C15H21NO3/c1-18-15(17)9-12-5-2-3-6-13(12)10-16-11-14-7-4-8-19-14/h2-3,5-6,14,16H,4,7-11H2,1H3. The lowest BCUT2D eigenvalue weighted by atomic mass is 10.0. The molecular weight excluding hydrogens is 242 g/mol. The number of benzene rings is 1. The third kappa shape index (κ3) is 4.33. The third-order valence-corrected chi connectivity index (χ3v) is 3.39. The molecule has 0 radical (unpaired) electrons. The van der Waals surface area contributed by atoms with E-state index < -0.39 is 0 Å². The van der Waals surface area contributed by atoms with Crippen LogP contribution in [0.25, 0.3) is 0 Å². The zero-order valence-corrected chi connectivity index (χ0v) is 11.4. The quantitative estimate of drug-likeness (QED) is 0.793. The lowest BCUT2D eigenvalue weighted by Gasteiger charge is -2.13. The number of hydrogen-bond donors (Lipinski definition) is 1. The molecule has 1 fully saturated rings. The number of hydrogen-bond acceptors (Lipinski definition) is 4. The smallest absolute Gasteiger partial charge is 0.309 e. The van der Waals surface area contributed by atoms with Crippen LogP contribution in [0.15, 0.2) is 24.3 Å². The molecule has 0 amide bonds. The van der Waals surface area contributed by atoms with Gasteiger partial charge in [0.15, 0.2) is 0 Å². The lowest BCUT2D eigenvalue weighted by molar-refractivity contribution is -0.139. The first-order valence-electron chi connectivity index (χ1n) is 6.75. The third-order valence-electron chi connectivity index (χ3n) is 3.39. The molecule has 1 aromatic carbocycles. The first-order valence-corrected chi connectivity index (χ1v) is 6.75. The monoisotopic (exact) mass is 263 g/mol. The van der Waals surface area contributed by atoms with Crippen molar-refractivity contribution in [2.24, 2.45) is 0 Å². The number of methoxy groups -OCH3 is 1. The van der Waals surface area contributed by atoms with Gasteiger partial charge in [-0.05, 0) is 24.0 Å². The highest BCUT2D eigenvalue weighted by molar-refractivity contribution is 5.72. The SMILES string of the molecule is COC(=O)Cc1ccccc1CNCC1CCCO1. The van der Waals surface area contributed by atoms with Crippen molar-refractivity contribution in [2.45, 2.75) is 31.9 Å². The fraction of sp³-hybridized carbons (Fsp3) is 0.533. The van der Waals surface area contributed by atoms with Gasteiger partial charge < -0.3 is 14.8 Å². The second kappa shape index (κ2) is 7.26. The van der Waals surface area contributed by atoms with Crippen LogP contribution in [0.2, 0.25) is 0 Å². The summed E-state index contributed by atoms with van der Waals surface area (Å²) in [7, 11) is 1.42. The summed E-state index contributed by atoms with van der Waals surface area (Å²) in [5, 5.41) is 3.40. The Morgan fingerprint density at radius 3 is 2.89 bits per heavy atom. The van der Waals surface area contributed by atoms with Crippen LogP contribution >= 0.6 is 0 Å². The second-order valence-electron chi connectivity index (χ2n) is 4.79. The highest BCUT2D eigenvalue weighted by Gasteiger charge is 2.15. The molecule has 0 spiro atoms. The van der Waals surface area contributed by atoms with E-state index in [0.717, 1.165) is 43.7 Å². The molecule has 4 heteroatoms. The van der Waals surface area contributed by atoms with Crippen LogP contribution in [-0.2, 0) is 27.2 Å². The average molecular weight is 263 g/mol.